The number of aromatic amines is 1. The van der Waals surface area contributed by atoms with Gasteiger partial charge in [0.05, 0.1) is 17.6 Å². The Hall–Kier alpha value is -1.49. The summed E-state index contributed by atoms with van der Waals surface area (Å²) in [6, 6.07) is 6.04. The number of ether oxygens (including phenoxy) is 1. The second kappa shape index (κ2) is 5.44. The zero-order chi connectivity index (χ0) is 13.1. The molecule has 1 unspecified atom stereocenters. The predicted octanol–water partition coefficient (Wildman–Crippen LogP) is 2.92. The van der Waals surface area contributed by atoms with Crippen molar-refractivity contribution in [2.75, 3.05) is 6.61 Å². The quantitative estimate of drug-likeness (QED) is 0.681. The summed E-state index contributed by atoms with van der Waals surface area (Å²) in [6.45, 7) is 6.07. The molecule has 5 heteroatoms. The lowest BCUT2D eigenvalue weighted by molar-refractivity contribution is -0.142. The van der Waals surface area contributed by atoms with Crippen molar-refractivity contribution in [3.63, 3.8) is 0 Å². The lowest BCUT2D eigenvalue weighted by Gasteiger charge is -2.07. The highest BCUT2D eigenvalue weighted by molar-refractivity contribution is 8.00. The largest absolute Gasteiger partial charge is 0.465 e. The van der Waals surface area contributed by atoms with Gasteiger partial charge in [-0.15, -0.1) is 0 Å². The van der Waals surface area contributed by atoms with Crippen LogP contribution in [0, 0.1) is 6.92 Å². The Kier molecular flexibility index (Phi) is 3.91. The number of nitrogens with one attached hydrogen (secondary N) is 1. The van der Waals surface area contributed by atoms with Gasteiger partial charge in [-0.3, -0.25) is 4.79 Å². The van der Waals surface area contributed by atoms with Crippen molar-refractivity contribution in [1.82, 2.24) is 9.97 Å². The van der Waals surface area contributed by atoms with Gasteiger partial charge >= 0.3 is 5.97 Å². The first-order valence-electron chi connectivity index (χ1n) is 5.90. The third-order valence-corrected chi connectivity index (χ3v) is 3.49. The molecule has 0 saturated heterocycles. The molecular formula is C13H16N2O2S. The van der Waals surface area contributed by atoms with Gasteiger partial charge in [0.1, 0.15) is 5.25 Å². The third-order valence-electron chi connectivity index (χ3n) is 2.52. The number of carbonyl (C=O) groups excluding carboxylic acids is 1. The van der Waals surface area contributed by atoms with Gasteiger partial charge in [0.2, 0.25) is 0 Å². The average Bonchev–Trinajstić information content (AvgIpc) is 2.70. The number of benzene rings is 1. The van der Waals surface area contributed by atoms with Crippen molar-refractivity contribution in [3.05, 3.63) is 23.8 Å². The van der Waals surface area contributed by atoms with Crippen molar-refractivity contribution in [2.24, 2.45) is 0 Å². The van der Waals surface area contributed by atoms with Crippen molar-refractivity contribution >= 4 is 28.8 Å². The number of rotatable bonds is 4. The number of thioether (sulfide) groups is 1. The molecule has 1 N–H and O–H groups in total. The number of aromatic nitrogens is 2. The van der Waals surface area contributed by atoms with E-state index in [0.717, 1.165) is 16.2 Å². The Labute approximate surface area is 110 Å². The van der Waals surface area contributed by atoms with E-state index < -0.39 is 0 Å². The Morgan fingerprint density at radius 1 is 1.56 bits per heavy atom. The van der Waals surface area contributed by atoms with Crippen LogP contribution in [0.25, 0.3) is 11.0 Å². The van der Waals surface area contributed by atoms with Crippen LogP contribution in [-0.2, 0) is 9.53 Å². The van der Waals surface area contributed by atoms with Gasteiger partial charge in [-0.25, -0.2) is 4.98 Å². The normalized spacial score (nSPS) is 12.6. The first-order valence-corrected chi connectivity index (χ1v) is 6.77. The lowest BCUT2D eigenvalue weighted by Crippen LogP contribution is -2.16. The molecule has 18 heavy (non-hydrogen) atoms. The SMILES string of the molecule is CCOC(=O)C(C)Sc1nc2ccc(C)cc2[nH]1. The predicted molar refractivity (Wildman–Crippen MR) is 72.8 cm³/mol. The number of nitrogens with zero attached hydrogens (tertiary/aromatic N) is 1. The fraction of sp³-hybridized carbons (Fsp3) is 0.385. The van der Waals surface area contributed by atoms with Crippen molar-refractivity contribution < 1.29 is 9.53 Å². The van der Waals surface area contributed by atoms with Gasteiger partial charge in [0.15, 0.2) is 5.16 Å². The van der Waals surface area contributed by atoms with E-state index >= 15 is 0 Å². The Bertz CT molecular complexity index is 565. The second-order valence-corrected chi connectivity index (χ2v) is 5.40. The van der Waals surface area contributed by atoms with Crippen LogP contribution in [0.4, 0.5) is 0 Å². The summed E-state index contributed by atoms with van der Waals surface area (Å²) in [5, 5.41) is 0.489. The maximum atomic E-state index is 11.5. The number of aryl methyl sites for hydroxylation is 1. The molecular weight excluding hydrogens is 248 g/mol. The first-order chi connectivity index (χ1) is 8.60. The third kappa shape index (κ3) is 2.85. The Morgan fingerprint density at radius 3 is 3.06 bits per heavy atom. The van der Waals surface area contributed by atoms with E-state index in [-0.39, 0.29) is 11.2 Å². The molecule has 1 aromatic heterocycles. The molecule has 0 aliphatic rings. The molecule has 1 aromatic carbocycles. The summed E-state index contributed by atoms with van der Waals surface area (Å²) in [4.78, 5) is 19.2. The van der Waals surface area contributed by atoms with Crippen LogP contribution in [0.1, 0.15) is 19.4 Å². The van der Waals surface area contributed by atoms with E-state index in [1.54, 1.807) is 6.92 Å². The van der Waals surface area contributed by atoms with Gasteiger partial charge in [0, 0.05) is 0 Å². The standard InChI is InChI=1S/C13H16N2O2S/c1-4-17-12(16)9(3)18-13-14-10-6-5-8(2)7-11(10)15-13/h5-7,9H,4H2,1-3H3,(H,14,15). The zero-order valence-corrected chi connectivity index (χ0v) is 11.5. The topological polar surface area (TPSA) is 55.0 Å². The number of esters is 1. The molecule has 0 bridgehead atoms. The van der Waals surface area contributed by atoms with E-state index in [9.17, 15) is 4.79 Å². The monoisotopic (exact) mass is 264 g/mol. The van der Waals surface area contributed by atoms with Crippen LogP contribution in [0.15, 0.2) is 23.4 Å². The molecule has 0 spiro atoms. The molecule has 1 heterocycles. The van der Waals surface area contributed by atoms with E-state index in [1.807, 2.05) is 32.0 Å². The zero-order valence-electron chi connectivity index (χ0n) is 10.7. The highest BCUT2D eigenvalue weighted by Gasteiger charge is 2.17. The van der Waals surface area contributed by atoms with Crippen molar-refractivity contribution in [2.45, 2.75) is 31.2 Å². The minimum atomic E-state index is -0.258. The van der Waals surface area contributed by atoms with Crippen LogP contribution >= 0.6 is 11.8 Å². The highest BCUT2D eigenvalue weighted by Crippen LogP contribution is 2.24. The number of hydrogen-bond acceptors (Lipinski definition) is 4. The average molecular weight is 264 g/mol. The Balaban J connectivity index is 2.14. The van der Waals surface area contributed by atoms with Crippen LogP contribution in [0.5, 0.6) is 0 Å². The van der Waals surface area contributed by atoms with Gasteiger partial charge in [-0.05, 0) is 38.5 Å². The fourth-order valence-electron chi connectivity index (χ4n) is 1.63. The maximum Gasteiger partial charge on any atom is 0.319 e. The summed E-state index contributed by atoms with van der Waals surface area (Å²) in [5.74, 6) is -0.209. The number of carbonyl (C=O) groups is 1. The fourth-order valence-corrected chi connectivity index (χ4v) is 2.45. The van der Waals surface area contributed by atoms with E-state index in [4.69, 9.17) is 4.74 Å². The molecule has 1 atom stereocenters. The van der Waals surface area contributed by atoms with Gasteiger partial charge in [-0.2, -0.15) is 0 Å². The van der Waals surface area contributed by atoms with Crippen LogP contribution in [0.3, 0.4) is 0 Å². The van der Waals surface area contributed by atoms with E-state index in [1.165, 1.54) is 17.3 Å². The molecule has 0 fully saturated rings. The van der Waals surface area contributed by atoms with Crippen molar-refractivity contribution in [3.8, 4) is 0 Å². The molecule has 0 aliphatic heterocycles. The Morgan fingerprint density at radius 2 is 2.33 bits per heavy atom. The summed E-state index contributed by atoms with van der Waals surface area (Å²) in [7, 11) is 0. The molecule has 0 radical (unpaired) electrons. The smallest absolute Gasteiger partial charge is 0.319 e. The molecule has 2 rings (SSSR count). The highest BCUT2D eigenvalue weighted by atomic mass is 32.2. The summed E-state index contributed by atoms with van der Waals surface area (Å²) in [5.41, 5.74) is 3.09. The summed E-state index contributed by atoms with van der Waals surface area (Å²) in [6.07, 6.45) is 0. The minimum absolute atomic E-state index is 0.209. The van der Waals surface area contributed by atoms with Gasteiger partial charge in [0.25, 0.3) is 0 Å². The maximum absolute atomic E-state index is 11.5. The number of hydrogen-bond donors (Lipinski definition) is 1. The number of H-pyrrole nitrogens is 1. The molecule has 4 nitrogen and oxygen atoms in total. The molecule has 0 aliphatic carbocycles. The van der Waals surface area contributed by atoms with E-state index in [0.29, 0.717) is 6.61 Å². The molecule has 96 valence electrons. The minimum Gasteiger partial charge on any atom is -0.465 e. The summed E-state index contributed by atoms with van der Waals surface area (Å²) < 4.78 is 4.97. The van der Waals surface area contributed by atoms with E-state index in [2.05, 4.69) is 9.97 Å². The van der Waals surface area contributed by atoms with Crippen molar-refractivity contribution in [1.29, 1.82) is 0 Å². The second-order valence-electron chi connectivity index (χ2n) is 4.07. The molecule has 2 aromatic rings. The van der Waals surface area contributed by atoms with Crippen LogP contribution in [0.2, 0.25) is 0 Å². The van der Waals surface area contributed by atoms with Gasteiger partial charge in [-0.1, -0.05) is 17.8 Å². The summed E-state index contributed by atoms with van der Waals surface area (Å²) >= 11 is 1.38. The molecule has 0 amide bonds. The number of fused-ring (bicyclic) bond motifs is 1. The number of imidazole rings is 1. The molecule has 0 saturated carbocycles. The van der Waals surface area contributed by atoms with Gasteiger partial charge < -0.3 is 9.72 Å². The lowest BCUT2D eigenvalue weighted by atomic mass is 10.2. The van der Waals surface area contributed by atoms with Crippen LogP contribution in [-0.4, -0.2) is 27.8 Å². The van der Waals surface area contributed by atoms with Crippen LogP contribution < -0.4 is 0 Å². The first kappa shape index (κ1) is 13.0.